The van der Waals surface area contributed by atoms with Crippen LogP contribution in [0.3, 0.4) is 0 Å². The van der Waals surface area contributed by atoms with Crippen LogP contribution >= 0.6 is 35.1 Å². The average Bonchev–Trinajstić information content (AvgIpc) is 3.17. The van der Waals surface area contributed by atoms with Gasteiger partial charge in [0.2, 0.25) is 5.91 Å². The molecule has 0 radical (unpaired) electrons. The van der Waals surface area contributed by atoms with Crippen LogP contribution < -0.4 is 5.32 Å². The number of halogens is 1. The van der Waals surface area contributed by atoms with Crippen LogP contribution in [-0.4, -0.2) is 22.3 Å². The van der Waals surface area contributed by atoms with E-state index in [4.69, 9.17) is 4.98 Å². The fourth-order valence-electron chi connectivity index (χ4n) is 2.97. The lowest BCUT2D eigenvalue weighted by Gasteiger charge is -2.12. The Balaban J connectivity index is 0.00000169. The molecule has 4 rings (SSSR count). The molecule has 24 heavy (non-hydrogen) atoms. The van der Waals surface area contributed by atoms with E-state index in [2.05, 4.69) is 23.2 Å². The lowest BCUT2D eigenvalue weighted by Crippen LogP contribution is -2.15. The van der Waals surface area contributed by atoms with Crippen molar-refractivity contribution in [3.05, 3.63) is 34.7 Å². The first-order valence-corrected chi connectivity index (χ1v) is 9.29. The number of benzene rings is 1. The van der Waals surface area contributed by atoms with Gasteiger partial charge in [-0.3, -0.25) is 9.69 Å². The van der Waals surface area contributed by atoms with E-state index in [0.29, 0.717) is 0 Å². The molecule has 1 aliphatic heterocycles. The second-order valence-corrected chi connectivity index (χ2v) is 7.81. The Bertz CT molecular complexity index is 870. The van der Waals surface area contributed by atoms with Gasteiger partial charge in [-0.25, -0.2) is 4.98 Å². The predicted molar refractivity (Wildman–Crippen MR) is 104 cm³/mol. The number of thiazole rings is 1. The summed E-state index contributed by atoms with van der Waals surface area (Å²) in [7, 11) is 0. The van der Waals surface area contributed by atoms with E-state index < -0.39 is 0 Å². The third-order valence-corrected chi connectivity index (χ3v) is 6.27. The number of hydrogen-bond acceptors (Lipinski definition) is 5. The van der Waals surface area contributed by atoms with Crippen LogP contribution in [0.1, 0.15) is 24.3 Å². The van der Waals surface area contributed by atoms with Gasteiger partial charge in [0.05, 0.1) is 15.8 Å². The van der Waals surface area contributed by atoms with Gasteiger partial charge >= 0.3 is 0 Å². The van der Waals surface area contributed by atoms with E-state index >= 15 is 0 Å². The molecular formula is C17H18ClN3OS2. The van der Waals surface area contributed by atoms with E-state index in [9.17, 15) is 4.79 Å². The highest BCUT2D eigenvalue weighted by atomic mass is 35.5. The lowest BCUT2D eigenvalue weighted by atomic mass is 10.1. The summed E-state index contributed by atoms with van der Waals surface area (Å²) in [5.74, 6) is -0.0281. The van der Waals surface area contributed by atoms with Crippen molar-refractivity contribution < 1.29 is 4.79 Å². The number of nitrogens with zero attached hydrogens (tertiary/aromatic N) is 2. The number of nitrogens with one attached hydrogen (secondary N) is 1. The summed E-state index contributed by atoms with van der Waals surface area (Å²) in [6.07, 6.45) is 0. The highest BCUT2D eigenvalue weighted by Crippen LogP contribution is 2.46. The molecule has 126 valence electrons. The van der Waals surface area contributed by atoms with Crippen molar-refractivity contribution in [2.75, 3.05) is 11.9 Å². The number of carbonyl (C=O) groups is 1. The summed E-state index contributed by atoms with van der Waals surface area (Å²) in [5.41, 5.74) is 3.48. The fourth-order valence-corrected chi connectivity index (χ4v) is 5.38. The molecule has 0 unspecified atom stereocenters. The van der Waals surface area contributed by atoms with Crippen molar-refractivity contribution in [1.82, 2.24) is 9.88 Å². The van der Waals surface area contributed by atoms with Gasteiger partial charge in [0, 0.05) is 24.9 Å². The molecule has 7 heteroatoms. The van der Waals surface area contributed by atoms with Gasteiger partial charge in [-0.15, -0.1) is 35.1 Å². The Morgan fingerprint density at radius 1 is 1.29 bits per heavy atom. The zero-order chi connectivity index (χ0) is 16.0. The highest BCUT2D eigenvalue weighted by molar-refractivity contribution is 7.22. The normalized spacial score (nSPS) is 13.8. The Morgan fingerprint density at radius 2 is 2.08 bits per heavy atom. The van der Waals surface area contributed by atoms with E-state index in [1.807, 2.05) is 18.2 Å². The number of fused-ring (bicyclic) bond motifs is 2. The molecule has 1 N–H and O–H groups in total. The molecule has 0 aliphatic carbocycles. The smallest absolute Gasteiger partial charge is 0.221 e. The van der Waals surface area contributed by atoms with Crippen LogP contribution in [0.5, 0.6) is 0 Å². The maximum atomic E-state index is 11.6. The lowest BCUT2D eigenvalue weighted by molar-refractivity contribution is -0.114. The molecule has 1 amide bonds. The number of aromatic nitrogens is 1. The van der Waals surface area contributed by atoms with Gasteiger partial charge in [-0.2, -0.15) is 0 Å². The molecule has 2 aromatic heterocycles. The summed E-state index contributed by atoms with van der Waals surface area (Å²) < 4.78 is 1.18. The third-order valence-electron chi connectivity index (χ3n) is 4.08. The van der Waals surface area contributed by atoms with E-state index in [-0.39, 0.29) is 18.3 Å². The summed E-state index contributed by atoms with van der Waals surface area (Å²) in [4.78, 5) is 20.2. The molecule has 0 fully saturated rings. The number of rotatable bonds is 3. The zero-order valence-electron chi connectivity index (χ0n) is 13.5. The molecule has 1 aromatic carbocycles. The van der Waals surface area contributed by atoms with Crippen molar-refractivity contribution in [3.63, 3.8) is 0 Å². The maximum Gasteiger partial charge on any atom is 0.221 e. The Labute approximate surface area is 154 Å². The van der Waals surface area contributed by atoms with Crippen LogP contribution in [-0.2, 0) is 17.9 Å². The molecular weight excluding hydrogens is 362 g/mol. The Hall–Kier alpha value is -1.47. The van der Waals surface area contributed by atoms with Crippen molar-refractivity contribution in [2.24, 2.45) is 0 Å². The largest absolute Gasteiger partial charge is 0.317 e. The summed E-state index contributed by atoms with van der Waals surface area (Å²) in [6.45, 7) is 6.69. The van der Waals surface area contributed by atoms with Crippen LogP contribution in [0, 0.1) is 0 Å². The average molecular weight is 380 g/mol. The first-order valence-electron chi connectivity index (χ1n) is 7.66. The molecule has 0 spiro atoms. The summed E-state index contributed by atoms with van der Waals surface area (Å²) in [6, 6.07) is 8.19. The predicted octanol–water partition coefficient (Wildman–Crippen LogP) is 4.74. The zero-order valence-corrected chi connectivity index (χ0v) is 15.9. The number of amides is 1. The standard InChI is InChI=1S/C17H17N3OS2.ClH/c1-3-20-8-11-14(9-20)23-16(18-10(2)21)15(11)17-19-12-6-4-5-7-13(12)22-17;/h4-7H,3,8-9H2,1-2H3,(H,18,21);1H. The summed E-state index contributed by atoms with van der Waals surface area (Å²) >= 11 is 3.39. The van der Waals surface area contributed by atoms with Gasteiger partial charge < -0.3 is 5.32 Å². The SMILES string of the molecule is CCN1Cc2sc(NC(C)=O)c(-c3nc4ccccc4s3)c2C1.Cl. The minimum Gasteiger partial charge on any atom is -0.317 e. The van der Waals surface area contributed by atoms with Crippen LogP contribution in [0.4, 0.5) is 5.00 Å². The molecule has 0 bridgehead atoms. The molecule has 0 atom stereocenters. The minimum atomic E-state index is -0.0281. The number of hydrogen-bond donors (Lipinski definition) is 1. The second kappa shape index (κ2) is 6.80. The molecule has 0 saturated heterocycles. The quantitative estimate of drug-likeness (QED) is 0.714. The van der Waals surface area contributed by atoms with E-state index in [1.165, 1.54) is 15.1 Å². The molecule has 0 saturated carbocycles. The number of carbonyl (C=O) groups excluding carboxylic acids is 1. The molecule has 3 heterocycles. The topological polar surface area (TPSA) is 45.2 Å². The second-order valence-electron chi connectivity index (χ2n) is 5.68. The maximum absolute atomic E-state index is 11.6. The Kier molecular flexibility index (Phi) is 4.92. The molecule has 3 aromatic rings. The van der Waals surface area contributed by atoms with Crippen molar-refractivity contribution in [3.8, 4) is 10.6 Å². The fraction of sp³-hybridized carbons (Fsp3) is 0.294. The molecule has 4 nitrogen and oxygen atoms in total. The molecule has 1 aliphatic rings. The first-order chi connectivity index (χ1) is 11.2. The number of para-hydroxylation sites is 1. The van der Waals surface area contributed by atoms with Crippen molar-refractivity contribution >= 4 is 56.2 Å². The van der Waals surface area contributed by atoms with Gasteiger partial charge in [0.15, 0.2) is 0 Å². The third kappa shape index (κ3) is 2.95. The van der Waals surface area contributed by atoms with Gasteiger partial charge in [0.1, 0.15) is 10.0 Å². The monoisotopic (exact) mass is 379 g/mol. The van der Waals surface area contributed by atoms with Crippen LogP contribution in [0.2, 0.25) is 0 Å². The van der Waals surface area contributed by atoms with Gasteiger partial charge in [0.25, 0.3) is 0 Å². The van der Waals surface area contributed by atoms with E-state index in [0.717, 1.165) is 40.7 Å². The van der Waals surface area contributed by atoms with Crippen molar-refractivity contribution in [2.45, 2.75) is 26.9 Å². The van der Waals surface area contributed by atoms with Crippen LogP contribution in [0.25, 0.3) is 20.8 Å². The first kappa shape index (κ1) is 17.4. The van der Waals surface area contributed by atoms with Crippen LogP contribution in [0.15, 0.2) is 24.3 Å². The van der Waals surface area contributed by atoms with E-state index in [1.54, 1.807) is 29.6 Å². The Morgan fingerprint density at radius 3 is 2.79 bits per heavy atom. The van der Waals surface area contributed by atoms with Crippen molar-refractivity contribution in [1.29, 1.82) is 0 Å². The minimum absolute atomic E-state index is 0. The highest BCUT2D eigenvalue weighted by Gasteiger charge is 2.28. The number of thiophene rings is 1. The van der Waals surface area contributed by atoms with Gasteiger partial charge in [-0.1, -0.05) is 19.1 Å². The number of anilines is 1. The van der Waals surface area contributed by atoms with Gasteiger partial charge in [-0.05, 0) is 24.2 Å². The summed E-state index contributed by atoms with van der Waals surface area (Å²) in [5, 5.41) is 4.95.